The molecule has 0 aliphatic carbocycles. The van der Waals surface area contributed by atoms with Crippen molar-refractivity contribution in [2.75, 3.05) is 6.54 Å². The minimum Gasteiger partial charge on any atom is -0.390 e. The topological polar surface area (TPSA) is 45.1 Å². The van der Waals surface area contributed by atoms with E-state index in [1.165, 1.54) is 6.42 Å². The molecule has 1 aromatic heterocycles. The first-order chi connectivity index (χ1) is 6.40. The molecule has 0 saturated carbocycles. The third-order valence-electron chi connectivity index (χ3n) is 2.41. The summed E-state index contributed by atoms with van der Waals surface area (Å²) < 4.78 is 0. The minimum atomic E-state index is 0.0283. The van der Waals surface area contributed by atoms with E-state index in [1.807, 2.05) is 18.2 Å². The minimum absolute atomic E-state index is 0.0283. The second kappa shape index (κ2) is 3.85. The molecule has 1 aromatic rings. The fraction of sp³-hybridized carbons (Fsp3) is 0.500. The Morgan fingerprint density at radius 2 is 2.46 bits per heavy atom. The van der Waals surface area contributed by atoms with Crippen molar-refractivity contribution in [2.45, 2.75) is 25.5 Å². The molecule has 0 aromatic carbocycles. The Hall–Kier alpha value is -0.930. The summed E-state index contributed by atoms with van der Waals surface area (Å²) in [6.45, 7) is 1.11. The maximum absolute atomic E-state index is 8.92. The van der Waals surface area contributed by atoms with E-state index in [2.05, 4.69) is 10.3 Å². The number of pyridine rings is 1. The average molecular weight is 178 g/mol. The standard InChI is InChI=1S/C10H14N2O/c13-7-8-3-1-4-10(12-8)9-5-2-6-11-9/h1,3-4,9,11,13H,2,5-7H2. The second-order valence-electron chi connectivity index (χ2n) is 3.36. The summed E-state index contributed by atoms with van der Waals surface area (Å²) in [5, 5.41) is 12.3. The highest BCUT2D eigenvalue weighted by atomic mass is 16.3. The van der Waals surface area contributed by atoms with Gasteiger partial charge in [-0.25, -0.2) is 0 Å². The lowest BCUT2D eigenvalue weighted by molar-refractivity contribution is 0.276. The third kappa shape index (κ3) is 1.87. The number of nitrogens with one attached hydrogen (secondary N) is 1. The van der Waals surface area contributed by atoms with Gasteiger partial charge in [0, 0.05) is 6.04 Å². The monoisotopic (exact) mass is 178 g/mol. The van der Waals surface area contributed by atoms with Crippen molar-refractivity contribution in [3.63, 3.8) is 0 Å². The van der Waals surface area contributed by atoms with Crippen molar-refractivity contribution >= 4 is 0 Å². The summed E-state index contributed by atoms with van der Waals surface area (Å²) in [4.78, 5) is 4.36. The molecular formula is C10H14N2O. The summed E-state index contributed by atoms with van der Waals surface area (Å²) in [5.74, 6) is 0. The van der Waals surface area contributed by atoms with Gasteiger partial charge < -0.3 is 10.4 Å². The normalized spacial score (nSPS) is 22.1. The fourth-order valence-electron chi connectivity index (χ4n) is 1.72. The molecule has 70 valence electrons. The zero-order valence-corrected chi connectivity index (χ0v) is 7.53. The van der Waals surface area contributed by atoms with Gasteiger partial charge in [-0.2, -0.15) is 0 Å². The molecule has 3 heteroatoms. The van der Waals surface area contributed by atoms with Crippen molar-refractivity contribution in [1.29, 1.82) is 0 Å². The quantitative estimate of drug-likeness (QED) is 0.710. The van der Waals surface area contributed by atoms with E-state index < -0.39 is 0 Å². The number of aromatic nitrogens is 1. The van der Waals surface area contributed by atoms with Gasteiger partial charge in [-0.1, -0.05) is 6.07 Å². The Bertz CT molecular complexity index is 282. The van der Waals surface area contributed by atoms with Crippen LogP contribution in [0.4, 0.5) is 0 Å². The zero-order valence-electron chi connectivity index (χ0n) is 7.53. The van der Waals surface area contributed by atoms with Crippen LogP contribution in [0.5, 0.6) is 0 Å². The van der Waals surface area contributed by atoms with Crippen molar-refractivity contribution in [1.82, 2.24) is 10.3 Å². The number of hydrogen-bond donors (Lipinski definition) is 2. The largest absolute Gasteiger partial charge is 0.390 e. The van der Waals surface area contributed by atoms with Crippen LogP contribution in [-0.4, -0.2) is 16.6 Å². The van der Waals surface area contributed by atoms with Crippen molar-refractivity contribution < 1.29 is 5.11 Å². The summed E-state index contributed by atoms with van der Waals surface area (Å²) in [6.07, 6.45) is 2.37. The first-order valence-electron chi connectivity index (χ1n) is 4.70. The predicted octanol–water partition coefficient (Wildman–Crippen LogP) is 0.998. The molecule has 1 aliphatic rings. The smallest absolute Gasteiger partial charge is 0.0853 e. The Kier molecular flexibility index (Phi) is 2.57. The van der Waals surface area contributed by atoms with Crippen LogP contribution in [0.25, 0.3) is 0 Å². The molecular weight excluding hydrogens is 164 g/mol. The van der Waals surface area contributed by atoms with Gasteiger partial charge >= 0.3 is 0 Å². The van der Waals surface area contributed by atoms with Gasteiger partial charge in [-0.3, -0.25) is 4.98 Å². The fourth-order valence-corrected chi connectivity index (χ4v) is 1.72. The van der Waals surface area contributed by atoms with Gasteiger partial charge in [0.1, 0.15) is 0 Å². The molecule has 1 atom stereocenters. The van der Waals surface area contributed by atoms with Crippen LogP contribution in [0.1, 0.15) is 30.3 Å². The highest BCUT2D eigenvalue weighted by molar-refractivity contribution is 5.14. The first-order valence-corrected chi connectivity index (χ1v) is 4.70. The molecule has 1 aliphatic heterocycles. The lowest BCUT2D eigenvalue weighted by Crippen LogP contribution is -2.14. The molecule has 13 heavy (non-hydrogen) atoms. The average Bonchev–Trinajstić information content (AvgIpc) is 2.71. The lowest BCUT2D eigenvalue weighted by atomic mass is 10.1. The lowest BCUT2D eigenvalue weighted by Gasteiger charge is -2.09. The highest BCUT2D eigenvalue weighted by Gasteiger charge is 2.16. The number of hydrogen-bond acceptors (Lipinski definition) is 3. The van der Waals surface area contributed by atoms with Crippen LogP contribution in [0, 0.1) is 0 Å². The molecule has 3 nitrogen and oxygen atoms in total. The molecule has 0 radical (unpaired) electrons. The van der Waals surface area contributed by atoms with E-state index in [1.54, 1.807) is 0 Å². The van der Waals surface area contributed by atoms with Gasteiger partial charge in [-0.05, 0) is 31.5 Å². The summed E-state index contributed by atoms with van der Waals surface area (Å²) in [7, 11) is 0. The van der Waals surface area contributed by atoms with E-state index >= 15 is 0 Å². The molecule has 2 heterocycles. The molecule has 1 fully saturated rings. The van der Waals surface area contributed by atoms with Crippen LogP contribution in [0.15, 0.2) is 18.2 Å². The van der Waals surface area contributed by atoms with E-state index in [0.29, 0.717) is 6.04 Å². The molecule has 1 unspecified atom stereocenters. The number of aliphatic hydroxyl groups is 1. The highest BCUT2D eigenvalue weighted by Crippen LogP contribution is 2.20. The van der Waals surface area contributed by atoms with Crippen molar-refractivity contribution in [3.8, 4) is 0 Å². The van der Waals surface area contributed by atoms with Crippen LogP contribution >= 0.6 is 0 Å². The van der Waals surface area contributed by atoms with Crippen LogP contribution in [0.3, 0.4) is 0 Å². The third-order valence-corrected chi connectivity index (χ3v) is 2.41. The summed E-state index contributed by atoms with van der Waals surface area (Å²) >= 11 is 0. The maximum Gasteiger partial charge on any atom is 0.0853 e. The molecule has 0 spiro atoms. The Labute approximate surface area is 77.8 Å². The maximum atomic E-state index is 8.92. The Morgan fingerprint density at radius 1 is 1.54 bits per heavy atom. The van der Waals surface area contributed by atoms with Crippen LogP contribution < -0.4 is 5.32 Å². The second-order valence-corrected chi connectivity index (χ2v) is 3.36. The van der Waals surface area contributed by atoms with E-state index in [9.17, 15) is 0 Å². The summed E-state index contributed by atoms with van der Waals surface area (Å²) in [5.41, 5.74) is 1.82. The predicted molar refractivity (Wildman–Crippen MR) is 50.1 cm³/mol. The summed E-state index contributed by atoms with van der Waals surface area (Å²) in [6, 6.07) is 6.21. The van der Waals surface area contributed by atoms with Crippen molar-refractivity contribution in [3.05, 3.63) is 29.6 Å². The van der Waals surface area contributed by atoms with E-state index in [0.717, 1.165) is 24.4 Å². The Balaban J connectivity index is 2.18. The van der Waals surface area contributed by atoms with E-state index in [4.69, 9.17) is 5.11 Å². The molecule has 0 bridgehead atoms. The van der Waals surface area contributed by atoms with E-state index in [-0.39, 0.29) is 6.61 Å². The molecule has 0 amide bonds. The first kappa shape index (κ1) is 8.66. The van der Waals surface area contributed by atoms with Gasteiger partial charge in [0.25, 0.3) is 0 Å². The van der Waals surface area contributed by atoms with Crippen molar-refractivity contribution in [2.24, 2.45) is 0 Å². The number of aliphatic hydroxyl groups excluding tert-OH is 1. The molecule has 2 N–H and O–H groups in total. The number of rotatable bonds is 2. The van der Waals surface area contributed by atoms with Gasteiger partial charge in [0.2, 0.25) is 0 Å². The van der Waals surface area contributed by atoms with Gasteiger partial charge in [-0.15, -0.1) is 0 Å². The van der Waals surface area contributed by atoms with Gasteiger partial charge in [0.15, 0.2) is 0 Å². The number of nitrogens with zero attached hydrogens (tertiary/aromatic N) is 1. The van der Waals surface area contributed by atoms with Crippen LogP contribution in [-0.2, 0) is 6.61 Å². The SMILES string of the molecule is OCc1cccc(C2CCCN2)n1. The van der Waals surface area contributed by atoms with Crippen LogP contribution in [0.2, 0.25) is 0 Å². The Morgan fingerprint density at radius 3 is 3.15 bits per heavy atom. The molecule has 2 rings (SSSR count). The molecule has 1 saturated heterocycles. The zero-order chi connectivity index (χ0) is 9.10. The van der Waals surface area contributed by atoms with Gasteiger partial charge in [0.05, 0.1) is 18.0 Å².